The average molecular weight is 481 g/mol. The van der Waals surface area contributed by atoms with Crippen molar-refractivity contribution in [1.29, 1.82) is 0 Å². The first-order chi connectivity index (χ1) is 16.7. The summed E-state index contributed by atoms with van der Waals surface area (Å²) in [6.45, 7) is 3.16. The number of morpholine rings is 1. The summed E-state index contributed by atoms with van der Waals surface area (Å²) in [6.07, 6.45) is 1.45. The highest BCUT2D eigenvalue weighted by molar-refractivity contribution is 6.34. The molecule has 0 bridgehead atoms. The van der Waals surface area contributed by atoms with E-state index >= 15 is 0 Å². The summed E-state index contributed by atoms with van der Waals surface area (Å²) >= 11 is 6.27. The van der Waals surface area contributed by atoms with Gasteiger partial charge in [0.15, 0.2) is 12.1 Å². The van der Waals surface area contributed by atoms with Crippen molar-refractivity contribution in [3.63, 3.8) is 0 Å². The van der Waals surface area contributed by atoms with E-state index in [1.54, 1.807) is 12.4 Å². The van der Waals surface area contributed by atoms with Crippen LogP contribution in [0.3, 0.4) is 0 Å². The third-order valence-electron chi connectivity index (χ3n) is 5.94. The van der Waals surface area contributed by atoms with E-state index in [1.807, 2.05) is 28.8 Å². The molecule has 2 aliphatic rings. The van der Waals surface area contributed by atoms with Gasteiger partial charge in [-0.3, -0.25) is 14.5 Å². The second-order valence-electron chi connectivity index (χ2n) is 8.12. The van der Waals surface area contributed by atoms with Gasteiger partial charge in [0, 0.05) is 13.1 Å². The molecule has 1 atom stereocenters. The third kappa shape index (κ3) is 3.89. The maximum Gasteiger partial charge on any atom is 0.158 e. The second-order valence-corrected chi connectivity index (χ2v) is 8.52. The van der Waals surface area contributed by atoms with Gasteiger partial charge in [-0.15, -0.1) is 0 Å². The summed E-state index contributed by atoms with van der Waals surface area (Å²) in [7, 11) is 0. The van der Waals surface area contributed by atoms with Gasteiger partial charge in [0.05, 0.1) is 36.0 Å². The number of aromatic amines is 1. The van der Waals surface area contributed by atoms with E-state index in [0.717, 1.165) is 29.9 Å². The maximum absolute atomic E-state index is 13.9. The number of nitrogens with one attached hydrogen (secondary N) is 3. The Morgan fingerprint density at radius 3 is 2.82 bits per heavy atom. The summed E-state index contributed by atoms with van der Waals surface area (Å²) in [5, 5.41) is 7.56. The lowest BCUT2D eigenvalue weighted by molar-refractivity contribution is 0.0188. The zero-order chi connectivity index (χ0) is 23.1. The summed E-state index contributed by atoms with van der Waals surface area (Å²) in [4.78, 5) is 19.5. The fourth-order valence-electron chi connectivity index (χ4n) is 4.26. The molecule has 1 fully saturated rings. The van der Waals surface area contributed by atoms with Crippen molar-refractivity contribution in [2.24, 2.45) is 4.99 Å². The number of H-pyrrole nitrogens is 1. The molecule has 2 aromatic carbocycles. The molecule has 0 saturated carbocycles. The number of benzene rings is 2. The van der Waals surface area contributed by atoms with Gasteiger partial charge in [-0.2, -0.15) is 0 Å². The molecule has 0 aliphatic carbocycles. The Kier molecular flexibility index (Phi) is 5.40. The zero-order valence-electron chi connectivity index (χ0n) is 18.1. The van der Waals surface area contributed by atoms with Crippen molar-refractivity contribution in [2.75, 3.05) is 31.6 Å². The number of anilines is 1. The molecule has 0 radical (unpaired) electrons. The van der Waals surface area contributed by atoms with E-state index < -0.39 is 0 Å². The Balaban J connectivity index is 1.37. The van der Waals surface area contributed by atoms with Gasteiger partial charge in [-0.05, 0) is 30.3 Å². The van der Waals surface area contributed by atoms with Crippen LogP contribution in [-0.2, 0) is 11.3 Å². The fourth-order valence-corrected chi connectivity index (χ4v) is 4.48. The largest absolute Gasteiger partial charge is 0.379 e. The van der Waals surface area contributed by atoms with Crippen LogP contribution >= 0.6 is 11.6 Å². The number of imidazole rings is 2. The van der Waals surface area contributed by atoms with E-state index in [2.05, 4.69) is 30.5 Å². The molecule has 4 heterocycles. The van der Waals surface area contributed by atoms with E-state index in [4.69, 9.17) is 21.3 Å². The number of hydrogen-bond acceptors (Lipinski definition) is 6. The number of nitrogens with zero attached hydrogens (tertiary/aromatic N) is 5. The number of hydrogen-bond donors (Lipinski definition) is 3. The number of rotatable bonds is 4. The van der Waals surface area contributed by atoms with Crippen molar-refractivity contribution in [2.45, 2.75) is 12.8 Å². The quantitative estimate of drug-likeness (QED) is 0.415. The number of aliphatic imine (C=N–C) groups is 1. The molecule has 2 aromatic heterocycles. The summed E-state index contributed by atoms with van der Waals surface area (Å²) in [6, 6.07) is 12.0. The van der Waals surface area contributed by atoms with Crippen molar-refractivity contribution in [3.05, 3.63) is 71.2 Å². The number of amidine groups is 1. The van der Waals surface area contributed by atoms with Gasteiger partial charge in [-0.25, -0.2) is 14.4 Å². The van der Waals surface area contributed by atoms with Crippen molar-refractivity contribution in [3.8, 4) is 5.69 Å². The fraction of sp³-hybridized carbons (Fsp3) is 0.261. The van der Waals surface area contributed by atoms with Crippen molar-refractivity contribution >= 4 is 34.3 Å². The van der Waals surface area contributed by atoms with Gasteiger partial charge in [0.25, 0.3) is 0 Å². The Morgan fingerprint density at radius 1 is 1.15 bits per heavy atom. The van der Waals surface area contributed by atoms with Crippen LogP contribution in [0.4, 0.5) is 10.2 Å². The first kappa shape index (κ1) is 21.1. The van der Waals surface area contributed by atoms with Crippen LogP contribution in [0.15, 0.2) is 53.8 Å². The zero-order valence-corrected chi connectivity index (χ0v) is 18.9. The second kappa shape index (κ2) is 8.71. The molecule has 3 N–H and O–H groups in total. The van der Waals surface area contributed by atoms with Crippen molar-refractivity contribution < 1.29 is 9.13 Å². The molecule has 4 aromatic rings. The molecular weight excluding hydrogens is 459 g/mol. The lowest BCUT2D eigenvalue weighted by Crippen LogP contribution is -2.58. The molecule has 174 valence electrons. The molecule has 6 rings (SSSR count). The average Bonchev–Trinajstić information content (AvgIpc) is 3.48. The van der Waals surface area contributed by atoms with Gasteiger partial charge < -0.3 is 20.4 Å². The standard InChI is InChI=1S/C23H22ClFN8O/c24-16-5-2-6-17-19(16)29-18(28-17)12-26-21-20-22(31-23(30-21)32-7-9-34-10-8-32)33(13-27-20)15-4-1-3-14(25)11-15/h1-6,11,13,23,31H,7-10,12H2,(H,26,30)(H,28,29). The lowest BCUT2D eigenvalue weighted by Gasteiger charge is -2.38. The van der Waals surface area contributed by atoms with Crippen LogP contribution in [0.5, 0.6) is 0 Å². The van der Waals surface area contributed by atoms with Gasteiger partial charge in [0.1, 0.15) is 35.0 Å². The Hall–Kier alpha value is -3.47. The summed E-state index contributed by atoms with van der Waals surface area (Å²) in [5.74, 6) is 1.76. The van der Waals surface area contributed by atoms with E-state index in [0.29, 0.717) is 47.8 Å². The Labute approximate surface area is 199 Å². The molecule has 1 unspecified atom stereocenters. The molecule has 0 spiro atoms. The van der Waals surface area contributed by atoms with E-state index in [-0.39, 0.29) is 12.1 Å². The number of ether oxygens (including phenoxy) is 1. The molecule has 9 nitrogen and oxygen atoms in total. The normalized spacial score (nSPS) is 19.7. The topological polar surface area (TPSA) is 95.4 Å². The number of aromatic nitrogens is 4. The molecular formula is C23H22ClFN8O. The Bertz CT molecular complexity index is 1380. The smallest absolute Gasteiger partial charge is 0.158 e. The molecule has 34 heavy (non-hydrogen) atoms. The molecule has 0 amide bonds. The predicted octanol–water partition coefficient (Wildman–Crippen LogP) is 3.12. The molecule has 2 aliphatic heterocycles. The third-order valence-corrected chi connectivity index (χ3v) is 6.24. The van der Waals surface area contributed by atoms with E-state index in [1.165, 1.54) is 12.1 Å². The minimum absolute atomic E-state index is 0.218. The summed E-state index contributed by atoms with van der Waals surface area (Å²) < 4.78 is 21.3. The van der Waals surface area contributed by atoms with Gasteiger partial charge in [0.2, 0.25) is 0 Å². The predicted molar refractivity (Wildman–Crippen MR) is 128 cm³/mol. The van der Waals surface area contributed by atoms with Crippen LogP contribution < -0.4 is 10.6 Å². The van der Waals surface area contributed by atoms with Crippen LogP contribution in [0.25, 0.3) is 16.7 Å². The van der Waals surface area contributed by atoms with E-state index in [9.17, 15) is 4.39 Å². The highest BCUT2D eigenvalue weighted by Crippen LogP contribution is 2.26. The first-order valence-corrected chi connectivity index (χ1v) is 11.4. The van der Waals surface area contributed by atoms with Gasteiger partial charge >= 0.3 is 0 Å². The van der Waals surface area contributed by atoms with Crippen molar-refractivity contribution in [1.82, 2.24) is 29.7 Å². The van der Waals surface area contributed by atoms with Crippen LogP contribution in [0, 0.1) is 5.82 Å². The molecule has 11 heteroatoms. The maximum atomic E-state index is 13.9. The SMILES string of the molecule is Fc1cccc(-n2cnc3c2NC(N2CCOCC2)NC3=NCc2nc3c(Cl)cccc3[nH]2)c1. The Morgan fingerprint density at radius 2 is 2.00 bits per heavy atom. The number of para-hydroxylation sites is 1. The number of halogens is 2. The monoisotopic (exact) mass is 480 g/mol. The van der Waals surface area contributed by atoms with Gasteiger partial charge in [-0.1, -0.05) is 23.7 Å². The minimum atomic E-state index is -0.309. The highest BCUT2D eigenvalue weighted by atomic mass is 35.5. The summed E-state index contributed by atoms with van der Waals surface area (Å²) in [5.41, 5.74) is 2.92. The minimum Gasteiger partial charge on any atom is -0.379 e. The number of fused-ring (bicyclic) bond motifs is 2. The van der Waals surface area contributed by atoms with Crippen LogP contribution in [0.1, 0.15) is 11.5 Å². The highest BCUT2D eigenvalue weighted by Gasteiger charge is 2.31. The van der Waals surface area contributed by atoms with Crippen LogP contribution in [0.2, 0.25) is 5.02 Å². The molecule has 1 saturated heterocycles. The lowest BCUT2D eigenvalue weighted by atomic mass is 10.2. The first-order valence-electron chi connectivity index (χ1n) is 11.0. The van der Waals surface area contributed by atoms with Crippen LogP contribution in [-0.4, -0.2) is 62.8 Å².